The molecule has 0 unspecified atom stereocenters. The minimum absolute atomic E-state index is 0.180. The van der Waals surface area contributed by atoms with E-state index in [1.165, 1.54) is 0 Å². The highest BCUT2D eigenvalue weighted by Gasteiger charge is 2.28. The first-order chi connectivity index (χ1) is 6.20. The third-order valence-electron chi connectivity index (χ3n) is 1.84. The van der Waals surface area contributed by atoms with Crippen molar-refractivity contribution in [3.05, 3.63) is 12.2 Å². The van der Waals surface area contributed by atoms with E-state index in [0.717, 1.165) is 18.4 Å². The van der Waals surface area contributed by atoms with Gasteiger partial charge in [0, 0.05) is 12.5 Å². The average molecular weight is 183 g/mol. The van der Waals surface area contributed by atoms with Crippen LogP contribution in [0.4, 0.5) is 0 Å². The van der Waals surface area contributed by atoms with Gasteiger partial charge in [-0.15, -0.1) is 0 Å². The second kappa shape index (κ2) is 5.02. The van der Waals surface area contributed by atoms with Crippen LogP contribution in [0.15, 0.2) is 12.2 Å². The third-order valence-corrected chi connectivity index (χ3v) is 1.84. The molecule has 0 aromatic rings. The fourth-order valence-corrected chi connectivity index (χ4v) is 0.983. The van der Waals surface area contributed by atoms with E-state index in [0.29, 0.717) is 25.7 Å². The van der Waals surface area contributed by atoms with Gasteiger partial charge in [0.15, 0.2) is 0 Å². The van der Waals surface area contributed by atoms with Crippen molar-refractivity contribution in [1.82, 2.24) is 5.32 Å². The van der Waals surface area contributed by atoms with Crippen molar-refractivity contribution in [2.45, 2.75) is 19.8 Å². The zero-order valence-corrected chi connectivity index (χ0v) is 8.14. The molecule has 1 aliphatic carbocycles. The topological polar surface area (TPSA) is 38.3 Å². The Morgan fingerprint density at radius 3 is 2.85 bits per heavy atom. The molecular formula is C10H17NO2. The number of carbonyl (C=O) groups is 1. The average Bonchev–Trinajstić information content (AvgIpc) is 2.85. The van der Waals surface area contributed by atoms with Gasteiger partial charge in [0.1, 0.15) is 0 Å². The molecule has 0 atom stereocenters. The van der Waals surface area contributed by atoms with Crippen LogP contribution < -0.4 is 5.32 Å². The van der Waals surface area contributed by atoms with Crippen molar-refractivity contribution in [2.24, 2.45) is 5.92 Å². The summed E-state index contributed by atoms with van der Waals surface area (Å²) in [5.74, 6) is 0.472. The minimum atomic E-state index is 0.180. The van der Waals surface area contributed by atoms with Gasteiger partial charge in [-0.1, -0.05) is 12.2 Å². The molecule has 1 fully saturated rings. The Kier molecular flexibility index (Phi) is 3.96. The van der Waals surface area contributed by atoms with Crippen LogP contribution in [-0.2, 0) is 9.53 Å². The van der Waals surface area contributed by atoms with Gasteiger partial charge in [-0.2, -0.15) is 0 Å². The summed E-state index contributed by atoms with van der Waals surface area (Å²) in [4.78, 5) is 11.1. The summed E-state index contributed by atoms with van der Waals surface area (Å²) in [7, 11) is 0. The molecule has 3 nitrogen and oxygen atoms in total. The van der Waals surface area contributed by atoms with Crippen molar-refractivity contribution in [2.75, 3.05) is 19.8 Å². The molecule has 0 aromatic heterocycles. The first-order valence-corrected chi connectivity index (χ1v) is 4.70. The summed E-state index contributed by atoms with van der Waals surface area (Å²) >= 11 is 0. The number of carbonyl (C=O) groups excluding carboxylic acids is 1. The molecule has 0 bridgehead atoms. The highest BCUT2D eigenvalue weighted by molar-refractivity contribution is 5.80. The number of nitrogens with one attached hydrogen (secondary N) is 1. The molecule has 0 spiro atoms. The summed E-state index contributed by atoms with van der Waals surface area (Å²) in [6.07, 6.45) is 2.11. The lowest BCUT2D eigenvalue weighted by atomic mass is 10.4. The summed E-state index contributed by atoms with van der Waals surface area (Å²) in [6.45, 7) is 7.40. The Hall–Kier alpha value is -0.830. The zero-order chi connectivity index (χ0) is 9.68. The van der Waals surface area contributed by atoms with Gasteiger partial charge in [-0.25, -0.2) is 0 Å². The second-order valence-electron chi connectivity index (χ2n) is 3.57. The van der Waals surface area contributed by atoms with Crippen LogP contribution in [0, 0.1) is 5.92 Å². The van der Waals surface area contributed by atoms with E-state index in [1.54, 1.807) is 0 Å². The van der Waals surface area contributed by atoms with Gasteiger partial charge in [0.05, 0.1) is 13.2 Å². The number of hydrogen-bond acceptors (Lipinski definition) is 2. The van der Waals surface area contributed by atoms with Crippen LogP contribution in [0.2, 0.25) is 0 Å². The van der Waals surface area contributed by atoms with Crippen molar-refractivity contribution >= 4 is 5.91 Å². The standard InChI is InChI=1S/C10H17NO2/c1-8(2)7-13-6-5-11-10(12)9-3-4-9/h9H,1,3-7H2,2H3,(H,11,12). The Morgan fingerprint density at radius 1 is 1.62 bits per heavy atom. The SMILES string of the molecule is C=C(C)COCCNC(=O)C1CC1. The van der Waals surface area contributed by atoms with Crippen LogP contribution in [0.25, 0.3) is 0 Å². The maximum Gasteiger partial charge on any atom is 0.223 e. The van der Waals surface area contributed by atoms with E-state index in [-0.39, 0.29) is 5.91 Å². The van der Waals surface area contributed by atoms with E-state index in [4.69, 9.17) is 4.74 Å². The molecule has 74 valence electrons. The van der Waals surface area contributed by atoms with Gasteiger partial charge in [-0.05, 0) is 19.8 Å². The lowest BCUT2D eigenvalue weighted by molar-refractivity contribution is -0.122. The molecule has 13 heavy (non-hydrogen) atoms. The molecular weight excluding hydrogens is 166 g/mol. The number of rotatable bonds is 6. The molecule has 0 aliphatic heterocycles. The van der Waals surface area contributed by atoms with Gasteiger partial charge >= 0.3 is 0 Å². The molecule has 3 heteroatoms. The predicted octanol–water partition coefficient (Wildman–Crippen LogP) is 1.11. The van der Waals surface area contributed by atoms with E-state index >= 15 is 0 Å². The molecule has 1 N–H and O–H groups in total. The van der Waals surface area contributed by atoms with Crippen molar-refractivity contribution in [3.63, 3.8) is 0 Å². The smallest absolute Gasteiger partial charge is 0.223 e. The first kappa shape index (κ1) is 10.3. The maximum absolute atomic E-state index is 11.1. The normalized spacial score (nSPS) is 15.5. The van der Waals surface area contributed by atoms with Gasteiger partial charge in [0.2, 0.25) is 5.91 Å². The lowest BCUT2D eigenvalue weighted by Crippen LogP contribution is -2.28. The van der Waals surface area contributed by atoms with Crippen LogP contribution >= 0.6 is 0 Å². The van der Waals surface area contributed by atoms with Gasteiger partial charge < -0.3 is 10.1 Å². The molecule has 1 rings (SSSR count). The maximum atomic E-state index is 11.1. The highest BCUT2D eigenvalue weighted by atomic mass is 16.5. The van der Waals surface area contributed by atoms with E-state index < -0.39 is 0 Å². The second-order valence-corrected chi connectivity index (χ2v) is 3.57. The number of hydrogen-bond donors (Lipinski definition) is 1. The fraction of sp³-hybridized carbons (Fsp3) is 0.700. The lowest BCUT2D eigenvalue weighted by Gasteiger charge is -2.05. The zero-order valence-electron chi connectivity index (χ0n) is 8.14. The van der Waals surface area contributed by atoms with Crippen molar-refractivity contribution in [3.8, 4) is 0 Å². The monoisotopic (exact) mass is 183 g/mol. The van der Waals surface area contributed by atoms with Crippen LogP contribution in [0.1, 0.15) is 19.8 Å². The highest BCUT2D eigenvalue weighted by Crippen LogP contribution is 2.28. The molecule has 0 saturated heterocycles. The summed E-state index contributed by atoms with van der Waals surface area (Å²) < 4.78 is 5.23. The predicted molar refractivity (Wildman–Crippen MR) is 51.4 cm³/mol. The Morgan fingerprint density at radius 2 is 2.31 bits per heavy atom. The van der Waals surface area contributed by atoms with Gasteiger partial charge in [0.25, 0.3) is 0 Å². The van der Waals surface area contributed by atoms with Crippen LogP contribution in [0.3, 0.4) is 0 Å². The molecule has 1 amide bonds. The quantitative estimate of drug-likeness (QED) is 0.495. The number of amides is 1. The minimum Gasteiger partial charge on any atom is -0.375 e. The summed E-state index contributed by atoms with van der Waals surface area (Å²) in [5.41, 5.74) is 1.01. The van der Waals surface area contributed by atoms with Crippen molar-refractivity contribution in [1.29, 1.82) is 0 Å². The Bertz CT molecular complexity index is 197. The molecule has 1 saturated carbocycles. The third kappa shape index (κ3) is 4.68. The first-order valence-electron chi connectivity index (χ1n) is 4.70. The largest absolute Gasteiger partial charge is 0.375 e. The van der Waals surface area contributed by atoms with E-state index in [9.17, 15) is 4.79 Å². The Labute approximate surface area is 79.2 Å². The van der Waals surface area contributed by atoms with Crippen LogP contribution in [-0.4, -0.2) is 25.7 Å². The van der Waals surface area contributed by atoms with Gasteiger partial charge in [-0.3, -0.25) is 4.79 Å². The summed E-state index contributed by atoms with van der Waals surface area (Å²) in [5, 5.41) is 2.82. The molecule has 0 radical (unpaired) electrons. The fourth-order valence-electron chi connectivity index (χ4n) is 0.983. The summed E-state index contributed by atoms with van der Waals surface area (Å²) in [6, 6.07) is 0. The Balaban J connectivity index is 1.88. The van der Waals surface area contributed by atoms with Crippen LogP contribution in [0.5, 0.6) is 0 Å². The molecule has 0 heterocycles. The number of ether oxygens (including phenoxy) is 1. The molecule has 1 aliphatic rings. The van der Waals surface area contributed by atoms with Crippen molar-refractivity contribution < 1.29 is 9.53 Å². The molecule has 0 aromatic carbocycles. The van der Waals surface area contributed by atoms with E-state index in [2.05, 4.69) is 11.9 Å². The van der Waals surface area contributed by atoms with E-state index in [1.807, 2.05) is 6.92 Å².